The van der Waals surface area contributed by atoms with Gasteiger partial charge in [0.05, 0.1) is 0 Å². The van der Waals surface area contributed by atoms with Gasteiger partial charge < -0.3 is 15.5 Å². The predicted molar refractivity (Wildman–Crippen MR) is 85.1 cm³/mol. The zero-order valence-electron chi connectivity index (χ0n) is 12.7. The van der Waals surface area contributed by atoms with Crippen LogP contribution in [0.3, 0.4) is 0 Å². The summed E-state index contributed by atoms with van der Waals surface area (Å²) in [6, 6.07) is 4.25. The minimum Gasteiger partial charge on any atom is -0.355 e. The van der Waals surface area contributed by atoms with Gasteiger partial charge >= 0.3 is 0 Å². The molecule has 20 heavy (non-hydrogen) atoms. The van der Waals surface area contributed by atoms with Gasteiger partial charge in [-0.2, -0.15) is 0 Å². The number of unbranched alkanes of at least 4 members (excludes halogenated alkanes) is 2. The Kier molecular flexibility index (Phi) is 6.27. The fourth-order valence-corrected chi connectivity index (χ4v) is 2.77. The molecular weight excluding hydrogens is 248 g/mol. The maximum absolute atomic E-state index is 5.54. The maximum atomic E-state index is 5.54. The summed E-state index contributed by atoms with van der Waals surface area (Å²) in [6.07, 6.45) is 6.84. The molecule has 1 aromatic rings. The molecule has 4 heteroatoms. The lowest BCUT2D eigenvalue weighted by Gasteiger charge is -2.23. The van der Waals surface area contributed by atoms with Crippen molar-refractivity contribution in [3.8, 4) is 0 Å². The lowest BCUT2D eigenvalue weighted by molar-refractivity contribution is 0.286. The van der Waals surface area contributed by atoms with Gasteiger partial charge in [0.2, 0.25) is 0 Å². The largest absolute Gasteiger partial charge is 0.355 e. The fraction of sp³-hybridized carbons (Fsp3) is 0.688. The van der Waals surface area contributed by atoms with E-state index in [1.165, 1.54) is 37.9 Å². The molecule has 1 aliphatic rings. The van der Waals surface area contributed by atoms with Crippen LogP contribution in [0.15, 0.2) is 18.3 Å². The van der Waals surface area contributed by atoms with Gasteiger partial charge in [0.25, 0.3) is 0 Å². The third-order valence-electron chi connectivity index (χ3n) is 3.99. The van der Waals surface area contributed by atoms with Gasteiger partial charge in [-0.15, -0.1) is 0 Å². The van der Waals surface area contributed by atoms with Crippen LogP contribution in [-0.4, -0.2) is 49.2 Å². The first kappa shape index (κ1) is 15.3. The van der Waals surface area contributed by atoms with Crippen LogP contribution < -0.4 is 10.6 Å². The molecule has 0 spiro atoms. The van der Waals surface area contributed by atoms with Crippen molar-refractivity contribution in [3.05, 3.63) is 23.9 Å². The van der Waals surface area contributed by atoms with E-state index in [1.54, 1.807) is 0 Å². The molecular formula is C16H28N4. The van der Waals surface area contributed by atoms with Gasteiger partial charge in [-0.05, 0) is 63.5 Å². The van der Waals surface area contributed by atoms with E-state index >= 15 is 0 Å². The molecule has 0 unspecified atom stereocenters. The summed E-state index contributed by atoms with van der Waals surface area (Å²) in [6.45, 7) is 8.75. The molecule has 1 fully saturated rings. The average Bonchev–Trinajstić information content (AvgIpc) is 2.69. The van der Waals surface area contributed by atoms with Crippen LogP contribution in [-0.2, 0) is 0 Å². The number of aromatic nitrogens is 1. The Morgan fingerprint density at radius 2 is 2.05 bits per heavy atom. The van der Waals surface area contributed by atoms with E-state index in [4.69, 9.17) is 5.73 Å². The van der Waals surface area contributed by atoms with Crippen LogP contribution in [0.2, 0.25) is 0 Å². The second kappa shape index (κ2) is 8.22. The first-order valence-corrected chi connectivity index (χ1v) is 7.89. The maximum Gasteiger partial charge on any atom is 0.128 e. The lowest BCUT2D eigenvalue weighted by Crippen LogP contribution is -2.31. The molecule has 0 aliphatic carbocycles. The molecule has 1 aromatic heterocycles. The van der Waals surface area contributed by atoms with E-state index in [0.717, 1.165) is 38.4 Å². The molecule has 0 saturated carbocycles. The Bertz CT molecular complexity index is 394. The van der Waals surface area contributed by atoms with Crippen LogP contribution in [0.5, 0.6) is 0 Å². The highest BCUT2D eigenvalue weighted by Gasteiger charge is 2.15. The zero-order chi connectivity index (χ0) is 14.2. The van der Waals surface area contributed by atoms with E-state index < -0.39 is 0 Å². The topological polar surface area (TPSA) is 45.4 Å². The van der Waals surface area contributed by atoms with Crippen molar-refractivity contribution in [1.82, 2.24) is 9.88 Å². The van der Waals surface area contributed by atoms with E-state index in [-0.39, 0.29) is 0 Å². The summed E-state index contributed by atoms with van der Waals surface area (Å²) in [5.41, 5.74) is 6.83. The van der Waals surface area contributed by atoms with Crippen molar-refractivity contribution in [2.75, 3.05) is 44.2 Å². The molecule has 0 radical (unpaired) electrons. The van der Waals surface area contributed by atoms with Crippen LogP contribution in [0.1, 0.15) is 31.2 Å². The van der Waals surface area contributed by atoms with Gasteiger partial charge in [-0.25, -0.2) is 4.98 Å². The average molecular weight is 276 g/mol. The number of nitrogens with two attached hydrogens (primary N) is 1. The van der Waals surface area contributed by atoms with Crippen molar-refractivity contribution in [1.29, 1.82) is 0 Å². The molecule has 4 nitrogen and oxygen atoms in total. The zero-order valence-corrected chi connectivity index (χ0v) is 12.7. The monoisotopic (exact) mass is 276 g/mol. The number of nitrogens with zero attached hydrogens (tertiary/aromatic N) is 3. The van der Waals surface area contributed by atoms with Crippen LogP contribution in [0.25, 0.3) is 0 Å². The molecule has 2 N–H and O–H groups in total. The van der Waals surface area contributed by atoms with Crippen LogP contribution in [0.4, 0.5) is 5.82 Å². The smallest absolute Gasteiger partial charge is 0.128 e. The molecule has 1 saturated heterocycles. The minimum atomic E-state index is 0.826. The number of anilines is 1. The highest BCUT2D eigenvalue weighted by molar-refractivity contribution is 5.40. The summed E-state index contributed by atoms with van der Waals surface area (Å²) in [5, 5.41) is 0. The Labute approximate surface area is 123 Å². The van der Waals surface area contributed by atoms with Crippen molar-refractivity contribution in [2.24, 2.45) is 5.73 Å². The second-order valence-electron chi connectivity index (χ2n) is 5.72. The summed E-state index contributed by atoms with van der Waals surface area (Å²) in [5.74, 6) is 1.13. The third-order valence-corrected chi connectivity index (χ3v) is 3.99. The minimum absolute atomic E-state index is 0.826. The van der Waals surface area contributed by atoms with E-state index in [2.05, 4.69) is 33.8 Å². The van der Waals surface area contributed by atoms with Gasteiger partial charge in [0.1, 0.15) is 5.82 Å². The summed E-state index contributed by atoms with van der Waals surface area (Å²) in [7, 11) is 0. The van der Waals surface area contributed by atoms with Gasteiger partial charge in [-0.3, -0.25) is 0 Å². The Morgan fingerprint density at radius 1 is 1.15 bits per heavy atom. The SMILES string of the molecule is Cc1ccnc(N2CCCN(CCCCCN)CC2)c1. The Hall–Kier alpha value is -1.13. The van der Waals surface area contributed by atoms with Crippen LogP contribution in [0, 0.1) is 6.92 Å². The molecule has 1 aliphatic heterocycles. The van der Waals surface area contributed by atoms with E-state index in [1.807, 2.05) is 6.20 Å². The Morgan fingerprint density at radius 3 is 2.85 bits per heavy atom. The molecule has 0 amide bonds. The van der Waals surface area contributed by atoms with E-state index in [9.17, 15) is 0 Å². The van der Waals surface area contributed by atoms with Gasteiger partial charge in [-0.1, -0.05) is 6.42 Å². The van der Waals surface area contributed by atoms with Crippen molar-refractivity contribution in [3.63, 3.8) is 0 Å². The van der Waals surface area contributed by atoms with E-state index in [0.29, 0.717) is 0 Å². The number of aryl methyl sites for hydroxylation is 1. The molecule has 2 rings (SSSR count). The second-order valence-corrected chi connectivity index (χ2v) is 5.72. The summed E-state index contributed by atoms with van der Waals surface area (Å²) >= 11 is 0. The molecule has 0 bridgehead atoms. The highest BCUT2D eigenvalue weighted by Crippen LogP contribution is 2.15. The normalized spacial score (nSPS) is 17.2. The number of pyridine rings is 1. The van der Waals surface area contributed by atoms with Crippen molar-refractivity contribution in [2.45, 2.75) is 32.6 Å². The molecule has 0 aromatic carbocycles. The van der Waals surface area contributed by atoms with Crippen LogP contribution >= 0.6 is 0 Å². The molecule has 0 atom stereocenters. The number of hydrogen-bond donors (Lipinski definition) is 1. The predicted octanol–water partition coefficient (Wildman–Crippen LogP) is 2.03. The molecule has 112 valence electrons. The standard InChI is InChI=1S/C16H28N4/c1-15-6-8-18-16(14-15)20-11-5-10-19(12-13-20)9-4-2-3-7-17/h6,8,14H,2-5,7,9-13,17H2,1H3. The molecule has 2 heterocycles. The third kappa shape index (κ3) is 4.76. The summed E-state index contributed by atoms with van der Waals surface area (Å²) < 4.78 is 0. The lowest BCUT2D eigenvalue weighted by atomic mass is 10.2. The first-order valence-electron chi connectivity index (χ1n) is 7.89. The summed E-state index contributed by atoms with van der Waals surface area (Å²) in [4.78, 5) is 9.52. The quantitative estimate of drug-likeness (QED) is 0.808. The van der Waals surface area contributed by atoms with Gasteiger partial charge in [0, 0.05) is 25.8 Å². The number of hydrogen-bond acceptors (Lipinski definition) is 4. The fourth-order valence-electron chi connectivity index (χ4n) is 2.77. The highest BCUT2D eigenvalue weighted by atomic mass is 15.2. The Balaban J connectivity index is 1.80. The van der Waals surface area contributed by atoms with Crippen molar-refractivity contribution >= 4 is 5.82 Å². The van der Waals surface area contributed by atoms with Crippen molar-refractivity contribution < 1.29 is 0 Å². The first-order chi connectivity index (χ1) is 9.79. The number of rotatable bonds is 6. The van der Waals surface area contributed by atoms with Gasteiger partial charge in [0.15, 0.2) is 0 Å².